The standard InChI is InChI=1S/C21H18N2O3.C17H13N5.C12H13IN2O2.C8H6/c1-21(2,3)26-20(25)23-14-17(16-13-22-12-11-18(16)23)19(24)10-9-15-7-5-4-6-8-15;18-17-21-15(11-4-2-1-3-5-11)8-16(22-17)13-10-20-14-6-7-19-9-12(13)14;1-12(2,3)17-11(16)15-7-9(13)8-6-14-5-4-10(8)15;1-2-8-6-4-3-5-7-8/h4-8,11-14H,1-3H3;1-10,20H,(H2,18,21,22);4-7H,1-3H3;1,3-7H. The fourth-order valence-electron chi connectivity index (χ4n) is 7.00. The van der Waals surface area contributed by atoms with Gasteiger partial charge in [-0.15, -0.1) is 6.42 Å². The number of pyridine rings is 3. The maximum atomic E-state index is 12.6. The molecule has 0 saturated carbocycles. The Hall–Kier alpha value is -8.93. The van der Waals surface area contributed by atoms with Crippen LogP contribution in [0.25, 0.3) is 55.2 Å². The van der Waals surface area contributed by atoms with Crippen LogP contribution in [0.4, 0.5) is 15.5 Å². The van der Waals surface area contributed by atoms with Gasteiger partial charge in [-0.3, -0.25) is 28.9 Å². The maximum absolute atomic E-state index is 12.6. The number of nitrogens with one attached hydrogen (secondary N) is 1. The number of rotatable bonds is 3. The molecular weight excluding hydrogens is 1030 g/mol. The molecule has 0 aliphatic carbocycles. The van der Waals surface area contributed by atoms with E-state index in [9.17, 15) is 14.4 Å². The lowest BCUT2D eigenvalue weighted by molar-refractivity contribution is 0.0533. The van der Waals surface area contributed by atoms with Crippen LogP contribution in [0.5, 0.6) is 0 Å². The summed E-state index contributed by atoms with van der Waals surface area (Å²) in [6, 6.07) is 36.1. The molecule has 0 unspecified atom stereocenters. The normalized spacial score (nSPS) is 10.8. The minimum absolute atomic E-state index is 0.259. The van der Waals surface area contributed by atoms with Crippen molar-refractivity contribution in [3.63, 3.8) is 0 Å². The molecule has 0 atom stereocenters. The van der Waals surface area contributed by atoms with Gasteiger partial charge in [0, 0.05) is 103 Å². The molecule has 7 aromatic heterocycles. The second-order valence-electron chi connectivity index (χ2n) is 17.9. The Balaban J connectivity index is 0.000000151. The molecule has 10 aromatic rings. The molecule has 7 heterocycles. The number of terminal acetylenes is 1. The number of nitrogen functional groups attached to an aromatic ring is 1. The Morgan fingerprint density at radius 1 is 0.644 bits per heavy atom. The fourth-order valence-corrected chi connectivity index (χ4v) is 7.69. The Morgan fingerprint density at radius 3 is 1.73 bits per heavy atom. The van der Waals surface area contributed by atoms with Crippen LogP contribution >= 0.6 is 22.6 Å². The summed E-state index contributed by atoms with van der Waals surface area (Å²) < 4.78 is 14.6. The largest absolute Gasteiger partial charge is 0.443 e. The molecule has 0 spiro atoms. The van der Waals surface area contributed by atoms with Crippen LogP contribution in [0, 0.1) is 27.8 Å². The van der Waals surface area contributed by atoms with Crippen molar-refractivity contribution in [3.05, 3.63) is 191 Å². The van der Waals surface area contributed by atoms with Gasteiger partial charge in [-0.25, -0.2) is 19.6 Å². The topological polar surface area (TPSA) is 186 Å². The summed E-state index contributed by atoms with van der Waals surface area (Å²) in [6.07, 6.45) is 19.4. The van der Waals surface area contributed by atoms with E-state index in [-0.39, 0.29) is 17.8 Å². The molecule has 0 saturated heterocycles. The zero-order valence-electron chi connectivity index (χ0n) is 40.9. The van der Waals surface area contributed by atoms with Gasteiger partial charge in [0.2, 0.25) is 11.7 Å². The van der Waals surface area contributed by atoms with Gasteiger partial charge in [0.25, 0.3) is 0 Å². The number of ketones is 1. The molecule has 3 aromatic carbocycles. The number of aromatic nitrogens is 8. The summed E-state index contributed by atoms with van der Waals surface area (Å²) in [5.74, 6) is 7.87. The number of H-pyrrole nitrogens is 1. The number of fused-ring (bicyclic) bond motifs is 3. The third-order valence-electron chi connectivity index (χ3n) is 10.2. The molecule has 0 bridgehead atoms. The number of hydrogen-bond acceptors (Lipinski definition) is 11. The third kappa shape index (κ3) is 13.9. The molecule has 0 amide bonds. The first-order valence-corrected chi connectivity index (χ1v) is 23.8. The summed E-state index contributed by atoms with van der Waals surface area (Å²) in [5, 5.41) is 2.53. The van der Waals surface area contributed by atoms with E-state index in [1.165, 1.54) is 15.3 Å². The number of carbonyl (C=O) groups is 3. The van der Waals surface area contributed by atoms with Crippen LogP contribution < -0.4 is 5.73 Å². The van der Waals surface area contributed by atoms with Crippen LogP contribution in [0.2, 0.25) is 0 Å². The van der Waals surface area contributed by atoms with Gasteiger partial charge >= 0.3 is 12.2 Å². The SMILES string of the molecule is C#Cc1ccccc1.CC(C)(C)OC(=O)n1cc(C(=O)C#Cc2ccccc2)c2cnccc21.CC(C)(C)OC(=O)n1cc(I)c2cnccc21.Nc1nc(-c2ccccc2)cc(-c2c[nH]c3ccncc23)n1. The van der Waals surface area contributed by atoms with Crippen molar-refractivity contribution in [1.82, 2.24) is 39.0 Å². The number of hydrogen-bond donors (Lipinski definition) is 2. The lowest BCUT2D eigenvalue weighted by Gasteiger charge is -2.19. The number of halogens is 1. The number of carbonyl (C=O) groups excluding carboxylic acids is 3. The summed E-state index contributed by atoms with van der Waals surface area (Å²) in [7, 11) is 0. The monoisotopic (exact) mass is 1080 g/mol. The van der Waals surface area contributed by atoms with Crippen molar-refractivity contribution in [2.24, 2.45) is 0 Å². The molecule has 0 fully saturated rings. The number of aromatic amines is 1. The predicted octanol–water partition coefficient (Wildman–Crippen LogP) is 12.4. The highest BCUT2D eigenvalue weighted by Gasteiger charge is 2.23. The van der Waals surface area contributed by atoms with Crippen LogP contribution in [0.3, 0.4) is 0 Å². The first kappa shape index (κ1) is 51.9. The summed E-state index contributed by atoms with van der Waals surface area (Å²) >= 11 is 2.18. The number of nitrogens with zero attached hydrogens (tertiary/aromatic N) is 7. The van der Waals surface area contributed by atoms with E-state index in [4.69, 9.17) is 21.6 Å². The van der Waals surface area contributed by atoms with Crippen molar-refractivity contribution in [3.8, 4) is 46.7 Å². The van der Waals surface area contributed by atoms with E-state index >= 15 is 0 Å². The van der Waals surface area contributed by atoms with Crippen molar-refractivity contribution in [2.45, 2.75) is 52.7 Å². The van der Waals surface area contributed by atoms with E-state index in [0.29, 0.717) is 16.5 Å². The van der Waals surface area contributed by atoms with Crippen molar-refractivity contribution >= 4 is 79.2 Å². The van der Waals surface area contributed by atoms with Crippen molar-refractivity contribution in [1.29, 1.82) is 0 Å². The van der Waals surface area contributed by atoms with E-state index in [2.05, 4.69) is 70.3 Å². The van der Waals surface area contributed by atoms with Gasteiger partial charge < -0.3 is 20.2 Å². The highest BCUT2D eigenvalue weighted by Crippen LogP contribution is 2.30. The molecule has 3 N–H and O–H groups in total. The highest BCUT2D eigenvalue weighted by atomic mass is 127. The minimum Gasteiger partial charge on any atom is -0.443 e. The number of ether oxygens (including phenoxy) is 2. The number of anilines is 1. The molecule has 0 aliphatic rings. The zero-order valence-corrected chi connectivity index (χ0v) is 43.0. The molecule has 0 radical (unpaired) electrons. The van der Waals surface area contributed by atoms with Gasteiger partial charge in [-0.1, -0.05) is 78.6 Å². The van der Waals surface area contributed by atoms with Gasteiger partial charge in [0.05, 0.1) is 28.0 Å². The molecular formula is C58H50IN9O5. The average molecular weight is 1080 g/mol. The second kappa shape index (κ2) is 23.3. The van der Waals surface area contributed by atoms with Gasteiger partial charge in [-0.05, 0) is 119 Å². The zero-order chi connectivity index (χ0) is 52.1. The fraction of sp³-hybridized carbons (Fsp3) is 0.138. The molecule has 73 heavy (non-hydrogen) atoms. The first-order valence-electron chi connectivity index (χ1n) is 22.7. The number of nitrogens with two attached hydrogens (primary N) is 1. The highest BCUT2D eigenvalue weighted by molar-refractivity contribution is 14.1. The lowest BCUT2D eigenvalue weighted by atomic mass is 10.1. The smallest absolute Gasteiger partial charge is 0.419 e. The number of benzene rings is 3. The van der Waals surface area contributed by atoms with E-state index in [1.54, 1.807) is 70.1 Å². The summed E-state index contributed by atoms with van der Waals surface area (Å²) in [4.78, 5) is 61.3. The summed E-state index contributed by atoms with van der Waals surface area (Å²) in [6.45, 7) is 10.9. The number of Topliss-reactive ketones (excluding diaryl/α,β-unsaturated/α-hetero) is 1. The van der Waals surface area contributed by atoms with E-state index < -0.39 is 17.3 Å². The van der Waals surface area contributed by atoms with Gasteiger partial charge in [0.15, 0.2) is 0 Å². The third-order valence-corrected chi connectivity index (χ3v) is 11.1. The molecule has 10 rings (SSSR count). The molecule has 364 valence electrons. The Morgan fingerprint density at radius 2 is 1.15 bits per heavy atom. The van der Waals surface area contributed by atoms with Crippen LogP contribution in [0.15, 0.2) is 171 Å². The van der Waals surface area contributed by atoms with Crippen molar-refractivity contribution < 1.29 is 23.9 Å². The Labute approximate surface area is 436 Å². The average Bonchev–Trinajstić information content (AvgIpc) is 4.10. The summed E-state index contributed by atoms with van der Waals surface area (Å²) in [5.41, 5.74) is 12.7. The molecule has 0 aliphatic heterocycles. The maximum Gasteiger partial charge on any atom is 0.419 e. The van der Waals surface area contributed by atoms with Crippen molar-refractivity contribution in [2.75, 3.05) is 5.73 Å². The first-order chi connectivity index (χ1) is 35.0. The molecule has 14 nitrogen and oxygen atoms in total. The van der Waals surface area contributed by atoms with Crippen LogP contribution in [-0.4, -0.2) is 68.2 Å². The van der Waals surface area contributed by atoms with E-state index in [1.807, 2.05) is 136 Å². The Kier molecular flexibility index (Phi) is 16.6. The minimum atomic E-state index is -0.641. The second-order valence-corrected chi connectivity index (χ2v) is 19.1. The quantitative estimate of drug-likeness (QED) is 0.0974. The van der Waals surface area contributed by atoms with Crippen LogP contribution in [0.1, 0.15) is 63.0 Å². The van der Waals surface area contributed by atoms with Gasteiger partial charge in [0.1, 0.15) is 11.2 Å². The van der Waals surface area contributed by atoms with Crippen LogP contribution in [-0.2, 0) is 9.47 Å². The Bertz CT molecular complexity index is 3650. The van der Waals surface area contributed by atoms with Gasteiger partial charge in [-0.2, -0.15) is 0 Å². The predicted molar refractivity (Wildman–Crippen MR) is 294 cm³/mol. The lowest BCUT2D eigenvalue weighted by Crippen LogP contribution is -2.26. The molecule has 15 heteroatoms. The van der Waals surface area contributed by atoms with E-state index in [0.717, 1.165) is 59.0 Å².